The summed E-state index contributed by atoms with van der Waals surface area (Å²) in [4.78, 5) is 35.8. The van der Waals surface area contributed by atoms with Crippen molar-refractivity contribution < 1.29 is 9.59 Å². The molecular weight excluding hydrogens is 292 g/mol. The van der Waals surface area contributed by atoms with Gasteiger partial charge in [-0.1, -0.05) is 0 Å². The zero-order valence-corrected chi connectivity index (χ0v) is 14.0. The Bertz CT molecular complexity index is 575. The first-order valence-electron chi connectivity index (χ1n) is 8.60. The Kier molecular flexibility index (Phi) is 4.68. The highest BCUT2D eigenvalue weighted by atomic mass is 16.2. The Morgan fingerprint density at radius 1 is 1.17 bits per heavy atom. The van der Waals surface area contributed by atoms with Crippen LogP contribution in [0.3, 0.4) is 0 Å². The fourth-order valence-electron chi connectivity index (χ4n) is 3.74. The van der Waals surface area contributed by atoms with Crippen LogP contribution in [-0.2, 0) is 9.59 Å². The first-order chi connectivity index (χ1) is 11.0. The van der Waals surface area contributed by atoms with Crippen LogP contribution in [0.25, 0.3) is 0 Å². The van der Waals surface area contributed by atoms with E-state index in [-0.39, 0.29) is 17.7 Å². The monoisotopic (exact) mass is 318 g/mol. The van der Waals surface area contributed by atoms with E-state index >= 15 is 0 Å². The molecule has 3 rings (SSSR count). The molecule has 1 aromatic rings. The van der Waals surface area contributed by atoms with Crippen molar-refractivity contribution in [3.8, 4) is 0 Å². The maximum absolute atomic E-state index is 12.8. The van der Waals surface area contributed by atoms with E-state index in [1.54, 1.807) is 6.92 Å². The summed E-state index contributed by atoms with van der Waals surface area (Å²) in [7, 11) is 0. The molecular formula is C17H26N4O2. The maximum atomic E-state index is 12.8. The molecule has 23 heavy (non-hydrogen) atoms. The molecule has 0 bridgehead atoms. The summed E-state index contributed by atoms with van der Waals surface area (Å²) in [6, 6.07) is 0. The topological polar surface area (TPSA) is 69.3 Å². The molecule has 2 aliphatic heterocycles. The van der Waals surface area contributed by atoms with Crippen molar-refractivity contribution in [2.24, 2.45) is 5.92 Å². The van der Waals surface area contributed by atoms with Crippen molar-refractivity contribution >= 4 is 11.8 Å². The highest BCUT2D eigenvalue weighted by molar-refractivity contribution is 5.80. The van der Waals surface area contributed by atoms with Gasteiger partial charge in [0.1, 0.15) is 5.82 Å². The lowest BCUT2D eigenvalue weighted by Crippen LogP contribution is -2.46. The molecule has 0 radical (unpaired) electrons. The number of imidazole rings is 1. The number of carbonyl (C=O) groups is 2. The van der Waals surface area contributed by atoms with Gasteiger partial charge < -0.3 is 14.8 Å². The third-order valence-electron chi connectivity index (χ3n) is 5.13. The van der Waals surface area contributed by atoms with Crippen LogP contribution in [-0.4, -0.2) is 57.8 Å². The summed E-state index contributed by atoms with van der Waals surface area (Å²) in [6.45, 7) is 6.63. The van der Waals surface area contributed by atoms with E-state index in [0.29, 0.717) is 19.0 Å². The average Bonchev–Trinajstić information content (AvgIpc) is 3.01. The van der Waals surface area contributed by atoms with E-state index in [4.69, 9.17) is 0 Å². The fraction of sp³-hybridized carbons (Fsp3) is 0.706. The number of carbonyl (C=O) groups excluding carboxylic acids is 2. The van der Waals surface area contributed by atoms with Crippen molar-refractivity contribution in [1.82, 2.24) is 19.8 Å². The summed E-state index contributed by atoms with van der Waals surface area (Å²) in [5, 5.41) is 0. The van der Waals surface area contributed by atoms with Gasteiger partial charge in [-0.15, -0.1) is 0 Å². The largest absolute Gasteiger partial charge is 0.346 e. The minimum absolute atomic E-state index is 0.0719. The van der Waals surface area contributed by atoms with Gasteiger partial charge in [0.2, 0.25) is 11.8 Å². The summed E-state index contributed by atoms with van der Waals surface area (Å²) in [6.07, 6.45) is 5.55. The van der Waals surface area contributed by atoms with Crippen LogP contribution in [0.2, 0.25) is 0 Å². The van der Waals surface area contributed by atoms with Gasteiger partial charge in [-0.05, 0) is 32.6 Å². The quantitative estimate of drug-likeness (QED) is 0.902. The van der Waals surface area contributed by atoms with Crippen molar-refractivity contribution in [2.45, 2.75) is 45.4 Å². The van der Waals surface area contributed by atoms with E-state index in [1.807, 2.05) is 22.9 Å². The van der Waals surface area contributed by atoms with Gasteiger partial charge in [0.05, 0.1) is 0 Å². The molecule has 1 N–H and O–H groups in total. The molecule has 2 saturated heterocycles. The Morgan fingerprint density at radius 2 is 1.91 bits per heavy atom. The number of amides is 2. The van der Waals surface area contributed by atoms with Gasteiger partial charge in [0.25, 0.3) is 0 Å². The van der Waals surface area contributed by atoms with Gasteiger partial charge in [-0.25, -0.2) is 4.98 Å². The molecule has 2 fully saturated rings. The average molecular weight is 318 g/mol. The Labute approximate surface area is 137 Å². The second kappa shape index (κ2) is 6.72. The Balaban J connectivity index is 1.58. The Morgan fingerprint density at radius 3 is 2.52 bits per heavy atom. The van der Waals surface area contributed by atoms with Crippen molar-refractivity contribution in [3.05, 3.63) is 17.7 Å². The summed E-state index contributed by atoms with van der Waals surface area (Å²) in [5.74, 6) is 1.77. The number of rotatable bonds is 2. The molecule has 1 unspecified atom stereocenters. The number of hydrogen-bond donors (Lipinski definition) is 1. The molecule has 1 aromatic heterocycles. The van der Waals surface area contributed by atoms with Gasteiger partial charge in [0.15, 0.2) is 0 Å². The highest BCUT2D eigenvalue weighted by Crippen LogP contribution is 2.28. The smallest absolute Gasteiger partial charge is 0.225 e. The number of piperidine rings is 2. The van der Waals surface area contributed by atoms with E-state index < -0.39 is 0 Å². The van der Waals surface area contributed by atoms with E-state index in [2.05, 4.69) is 9.97 Å². The maximum Gasteiger partial charge on any atom is 0.225 e. The van der Waals surface area contributed by atoms with E-state index in [1.165, 1.54) is 0 Å². The fourth-order valence-corrected chi connectivity index (χ4v) is 3.74. The standard InChI is InChI=1S/C17H26N4O2/c1-12-10-18-16(19-12)15-4-3-7-21(11-15)17(23)14-5-8-20(9-6-14)13(2)22/h10,14-15H,3-9,11H2,1-2H3,(H,18,19). The van der Waals surface area contributed by atoms with Crippen LogP contribution in [0.1, 0.15) is 50.0 Å². The van der Waals surface area contributed by atoms with Crippen LogP contribution < -0.4 is 0 Å². The Hall–Kier alpha value is -1.85. The van der Waals surface area contributed by atoms with Crippen LogP contribution in [0.5, 0.6) is 0 Å². The number of likely N-dealkylation sites (tertiary alicyclic amines) is 2. The molecule has 3 heterocycles. The van der Waals surface area contributed by atoms with Crippen molar-refractivity contribution in [1.29, 1.82) is 0 Å². The summed E-state index contributed by atoms with van der Waals surface area (Å²) >= 11 is 0. The predicted octanol–water partition coefficient (Wildman–Crippen LogP) is 1.68. The first kappa shape index (κ1) is 16.0. The summed E-state index contributed by atoms with van der Waals surface area (Å²) in [5.41, 5.74) is 1.07. The predicted molar refractivity (Wildman–Crippen MR) is 86.9 cm³/mol. The highest BCUT2D eigenvalue weighted by Gasteiger charge is 2.32. The van der Waals surface area contributed by atoms with Gasteiger partial charge in [-0.2, -0.15) is 0 Å². The number of H-pyrrole nitrogens is 1. The molecule has 126 valence electrons. The number of aromatic amines is 1. The van der Waals surface area contributed by atoms with Crippen LogP contribution >= 0.6 is 0 Å². The second-order valence-electron chi connectivity index (χ2n) is 6.86. The lowest BCUT2D eigenvalue weighted by Gasteiger charge is -2.37. The summed E-state index contributed by atoms with van der Waals surface area (Å²) < 4.78 is 0. The lowest BCUT2D eigenvalue weighted by atomic mass is 9.92. The number of nitrogens with one attached hydrogen (secondary N) is 1. The third kappa shape index (κ3) is 3.57. The minimum atomic E-state index is 0.0719. The van der Waals surface area contributed by atoms with Crippen LogP contribution in [0, 0.1) is 12.8 Å². The van der Waals surface area contributed by atoms with Crippen LogP contribution in [0.15, 0.2) is 6.20 Å². The van der Waals surface area contributed by atoms with Gasteiger partial charge in [-0.3, -0.25) is 9.59 Å². The second-order valence-corrected chi connectivity index (χ2v) is 6.86. The van der Waals surface area contributed by atoms with Gasteiger partial charge in [0, 0.05) is 56.8 Å². The third-order valence-corrected chi connectivity index (χ3v) is 5.13. The zero-order chi connectivity index (χ0) is 16.4. The molecule has 2 amide bonds. The molecule has 0 saturated carbocycles. The number of nitrogens with zero attached hydrogens (tertiary/aromatic N) is 3. The van der Waals surface area contributed by atoms with E-state index in [0.717, 1.165) is 50.3 Å². The van der Waals surface area contributed by atoms with Crippen molar-refractivity contribution in [2.75, 3.05) is 26.2 Å². The normalized spacial score (nSPS) is 23.1. The molecule has 0 spiro atoms. The zero-order valence-electron chi connectivity index (χ0n) is 14.0. The molecule has 6 nitrogen and oxygen atoms in total. The SMILES string of the molecule is CC(=O)N1CCC(C(=O)N2CCCC(c3ncc(C)[nH]3)C2)CC1. The molecule has 6 heteroatoms. The lowest BCUT2D eigenvalue weighted by molar-refractivity contribution is -0.141. The molecule has 2 aliphatic rings. The first-order valence-corrected chi connectivity index (χ1v) is 8.60. The van der Waals surface area contributed by atoms with E-state index in [9.17, 15) is 9.59 Å². The van der Waals surface area contributed by atoms with Crippen molar-refractivity contribution in [3.63, 3.8) is 0 Å². The van der Waals surface area contributed by atoms with Crippen LogP contribution in [0.4, 0.5) is 0 Å². The molecule has 0 aliphatic carbocycles. The van der Waals surface area contributed by atoms with Gasteiger partial charge >= 0.3 is 0 Å². The number of aryl methyl sites for hydroxylation is 1. The molecule has 1 atom stereocenters. The number of hydrogen-bond acceptors (Lipinski definition) is 3. The minimum Gasteiger partial charge on any atom is -0.346 e. The molecule has 0 aromatic carbocycles. The number of aromatic nitrogens is 2.